The van der Waals surface area contributed by atoms with E-state index in [0.717, 1.165) is 12.1 Å². The number of nitrogens with one attached hydrogen (secondary N) is 1. The van der Waals surface area contributed by atoms with Crippen LogP contribution in [0.3, 0.4) is 0 Å². The smallest absolute Gasteiger partial charge is 0.312 e. The third kappa shape index (κ3) is 3.96. The molecular weight excluding hydrogens is 241 g/mol. The summed E-state index contributed by atoms with van der Waals surface area (Å²) in [5.74, 6) is 0. The number of hydrogen-bond acceptors (Lipinski definition) is 1. The Bertz CT molecular complexity index is 361. The van der Waals surface area contributed by atoms with Crippen molar-refractivity contribution in [2.45, 2.75) is 25.1 Å². The molecule has 0 fully saturated rings. The second-order valence-corrected chi connectivity index (χ2v) is 3.63. The molecule has 1 nitrogen and oxygen atoms in total. The zero-order valence-electron chi connectivity index (χ0n) is 9.06. The van der Waals surface area contributed by atoms with Gasteiger partial charge in [-0.1, -0.05) is 18.2 Å². The molecule has 0 saturated carbocycles. The zero-order chi connectivity index (χ0) is 13.1. The molecule has 1 aromatic rings. The molecule has 0 aromatic heterocycles. The summed E-state index contributed by atoms with van der Waals surface area (Å²) < 4.78 is 62.0. The Hall–Kier alpha value is -1.17. The van der Waals surface area contributed by atoms with Crippen molar-refractivity contribution in [1.29, 1.82) is 0 Å². The fourth-order valence-electron chi connectivity index (χ4n) is 1.45. The zero-order valence-corrected chi connectivity index (χ0v) is 9.06. The first kappa shape index (κ1) is 13.9. The maximum atomic E-state index is 12.4. The normalized spacial score (nSPS) is 14.1. The molecule has 1 atom stereocenters. The molecule has 1 N–H and O–H groups in total. The molecule has 1 rings (SSSR count). The molecule has 1 aromatic carbocycles. The van der Waals surface area contributed by atoms with E-state index < -0.39 is 24.2 Å². The lowest BCUT2D eigenvalue weighted by Crippen LogP contribution is -2.34. The first-order chi connectivity index (χ1) is 7.84. The van der Waals surface area contributed by atoms with Gasteiger partial charge in [-0.25, -0.2) is 8.78 Å². The van der Waals surface area contributed by atoms with E-state index in [1.165, 1.54) is 19.2 Å². The minimum atomic E-state index is -4.45. The average Bonchev–Trinajstić information content (AvgIpc) is 2.24. The molecule has 0 amide bonds. The van der Waals surface area contributed by atoms with E-state index in [-0.39, 0.29) is 12.0 Å². The highest BCUT2D eigenvalue weighted by Gasteiger charge is 2.30. The minimum absolute atomic E-state index is 0.141. The maximum absolute atomic E-state index is 12.4. The van der Waals surface area contributed by atoms with E-state index in [1.54, 1.807) is 0 Å². The van der Waals surface area contributed by atoms with Crippen LogP contribution in [0.4, 0.5) is 22.0 Å². The Morgan fingerprint density at radius 2 is 1.88 bits per heavy atom. The van der Waals surface area contributed by atoms with Crippen LogP contribution in [0.1, 0.15) is 11.1 Å². The quantitative estimate of drug-likeness (QED) is 0.813. The Kier molecular flexibility index (Phi) is 4.45. The van der Waals surface area contributed by atoms with Gasteiger partial charge in [0, 0.05) is 0 Å². The fraction of sp³-hybridized carbons (Fsp3) is 0.455. The second kappa shape index (κ2) is 5.44. The summed E-state index contributed by atoms with van der Waals surface area (Å²) in [6.07, 6.45) is -7.21. The van der Waals surface area contributed by atoms with Gasteiger partial charge in [-0.15, -0.1) is 0 Å². The lowest BCUT2D eigenvalue weighted by atomic mass is 10.0. The highest BCUT2D eigenvalue weighted by atomic mass is 19.4. The van der Waals surface area contributed by atoms with E-state index in [0.29, 0.717) is 0 Å². The van der Waals surface area contributed by atoms with E-state index in [1.807, 2.05) is 0 Å². The van der Waals surface area contributed by atoms with Crippen molar-refractivity contribution in [3.63, 3.8) is 0 Å². The van der Waals surface area contributed by atoms with Crippen LogP contribution < -0.4 is 5.32 Å². The van der Waals surface area contributed by atoms with Gasteiger partial charge >= 0.3 is 6.18 Å². The van der Waals surface area contributed by atoms with Crippen molar-refractivity contribution in [3.05, 3.63) is 35.4 Å². The van der Waals surface area contributed by atoms with E-state index in [4.69, 9.17) is 0 Å². The summed E-state index contributed by atoms with van der Waals surface area (Å²) in [7, 11) is 1.35. The van der Waals surface area contributed by atoms with Crippen molar-refractivity contribution < 1.29 is 22.0 Å². The molecule has 1 unspecified atom stereocenters. The van der Waals surface area contributed by atoms with Crippen LogP contribution in [-0.2, 0) is 12.6 Å². The summed E-state index contributed by atoms with van der Waals surface area (Å²) >= 11 is 0. The van der Waals surface area contributed by atoms with Crippen LogP contribution in [0.2, 0.25) is 0 Å². The van der Waals surface area contributed by atoms with Gasteiger partial charge in [-0.3, -0.25) is 0 Å². The SMILES string of the molecule is CNC(Cc1cccc(C(F)(F)F)c1)C(F)F. The molecule has 0 saturated heterocycles. The molecule has 17 heavy (non-hydrogen) atoms. The summed E-state index contributed by atoms with van der Waals surface area (Å²) in [6, 6.07) is 3.30. The highest BCUT2D eigenvalue weighted by Crippen LogP contribution is 2.29. The van der Waals surface area contributed by atoms with E-state index in [9.17, 15) is 22.0 Å². The lowest BCUT2D eigenvalue weighted by molar-refractivity contribution is -0.137. The molecule has 0 radical (unpaired) electrons. The molecule has 0 aliphatic carbocycles. The van der Waals surface area contributed by atoms with Gasteiger partial charge in [0.15, 0.2) is 0 Å². The summed E-state index contributed by atoms with van der Waals surface area (Å²) in [4.78, 5) is 0. The maximum Gasteiger partial charge on any atom is 0.416 e. The Morgan fingerprint density at radius 3 is 2.35 bits per heavy atom. The summed E-state index contributed by atoms with van der Waals surface area (Å²) in [6.45, 7) is 0. The molecule has 0 bridgehead atoms. The molecule has 0 aliphatic heterocycles. The van der Waals surface area contributed by atoms with Crippen molar-refractivity contribution >= 4 is 0 Å². The van der Waals surface area contributed by atoms with Gasteiger partial charge in [0.25, 0.3) is 6.43 Å². The third-order valence-electron chi connectivity index (χ3n) is 2.38. The highest BCUT2D eigenvalue weighted by molar-refractivity contribution is 5.26. The fourth-order valence-corrected chi connectivity index (χ4v) is 1.45. The summed E-state index contributed by atoms with van der Waals surface area (Å²) in [5.41, 5.74) is -0.585. The largest absolute Gasteiger partial charge is 0.416 e. The third-order valence-corrected chi connectivity index (χ3v) is 2.38. The first-order valence-corrected chi connectivity index (χ1v) is 4.96. The van der Waals surface area contributed by atoms with Gasteiger partial charge in [0.05, 0.1) is 11.6 Å². The van der Waals surface area contributed by atoms with Crippen molar-refractivity contribution in [2.75, 3.05) is 7.05 Å². The van der Waals surface area contributed by atoms with Crippen LogP contribution in [0, 0.1) is 0 Å². The number of benzene rings is 1. The van der Waals surface area contributed by atoms with Gasteiger partial charge in [-0.2, -0.15) is 13.2 Å². The predicted octanol–water partition coefficient (Wildman–Crippen LogP) is 3.10. The summed E-state index contributed by atoms with van der Waals surface area (Å²) in [5, 5.41) is 2.38. The van der Waals surface area contributed by atoms with Crippen molar-refractivity contribution in [3.8, 4) is 0 Å². The number of alkyl halides is 5. The topological polar surface area (TPSA) is 12.0 Å². The second-order valence-electron chi connectivity index (χ2n) is 3.63. The van der Waals surface area contributed by atoms with Crippen molar-refractivity contribution in [1.82, 2.24) is 5.32 Å². The number of rotatable bonds is 4. The van der Waals surface area contributed by atoms with Gasteiger partial charge < -0.3 is 5.32 Å². The molecule has 6 heteroatoms. The van der Waals surface area contributed by atoms with Crippen LogP contribution in [0.15, 0.2) is 24.3 Å². The molecule has 96 valence electrons. The predicted molar refractivity (Wildman–Crippen MR) is 54.0 cm³/mol. The van der Waals surface area contributed by atoms with Crippen LogP contribution in [0.25, 0.3) is 0 Å². The molecule has 0 heterocycles. The van der Waals surface area contributed by atoms with E-state index >= 15 is 0 Å². The van der Waals surface area contributed by atoms with Crippen LogP contribution >= 0.6 is 0 Å². The van der Waals surface area contributed by atoms with Crippen LogP contribution in [-0.4, -0.2) is 19.5 Å². The minimum Gasteiger partial charge on any atom is -0.312 e. The van der Waals surface area contributed by atoms with Gasteiger partial charge in [0.1, 0.15) is 0 Å². The first-order valence-electron chi connectivity index (χ1n) is 4.96. The monoisotopic (exact) mass is 253 g/mol. The van der Waals surface area contributed by atoms with Gasteiger partial charge in [0.2, 0.25) is 0 Å². The molecule has 0 aliphatic rings. The molecular formula is C11H12F5N. The van der Waals surface area contributed by atoms with Crippen LogP contribution in [0.5, 0.6) is 0 Å². The Labute approximate surface area is 95.6 Å². The molecule has 0 spiro atoms. The lowest BCUT2D eigenvalue weighted by Gasteiger charge is -2.16. The Balaban J connectivity index is 2.85. The van der Waals surface area contributed by atoms with Crippen molar-refractivity contribution in [2.24, 2.45) is 0 Å². The van der Waals surface area contributed by atoms with Gasteiger partial charge in [-0.05, 0) is 25.1 Å². The Morgan fingerprint density at radius 1 is 1.24 bits per heavy atom. The standard InChI is InChI=1S/C11H12F5N/c1-17-9(10(12)13)6-7-3-2-4-8(5-7)11(14,15)16/h2-5,9-10,17H,6H2,1H3. The van der Waals surface area contributed by atoms with E-state index in [2.05, 4.69) is 5.32 Å². The number of hydrogen-bond donors (Lipinski definition) is 1. The average molecular weight is 253 g/mol. The number of likely N-dealkylation sites (N-methyl/N-ethyl adjacent to an activating group) is 1. The number of halogens is 5.